The van der Waals surface area contributed by atoms with Crippen LogP contribution < -0.4 is 10.5 Å². The Morgan fingerprint density at radius 3 is 2.80 bits per heavy atom. The summed E-state index contributed by atoms with van der Waals surface area (Å²) < 4.78 is 18.4. The lowest BCUT2D eigenvalue weighted by Gasteiger charge is -2.13. The molecule has 82 valence electrons. The van der Waals surface area contributed by atoms with Crippen LogP contribution in [0, 0.1) is 5.82 Å². The van der Waals surface area contributed by atoms with E-state index in [1.165, 1.54) is 12.1 Å². The van der Waals surface area contributed by atoms with Gasteiger partial charge in [-0.15, -0.1) is 0 Å². The SMILES string of the molecule is C=C(C)COc1ccc(F)cc1[C@H](C)N. The summed E-state index contributed by atoms with van der Waals surface area (Å²) in [5.41, 5.74) is 7.31. The first-order chi connectivity index (χ1) is 7.00. The maximum Gasteiger partial charge on any atom is 0.124 e. The van der Waals surface area contributed by atoms with Gasteiger partial charge in [-0.25, -0.2) is 4.39 Å². The van der Waals surface area contributed by atoms with Crippen LogP contribution in [0.3, 0.4) is 0 Å². The summed E-state index contributed by atoms with van der Waals surface area (Å²) in [5, 5.41) is 0. The number of nitrogens with two attached hydrogens (primary N) is 1. The highest BCUT2D eigenvalue weighted by Crippen LogP contribution is 2.24. The van der Waals surface area contributed by atoms with E-state index in [1.807, 2.05) is 6.92 Å². The molecule has 0 bridgehead atoms. The lowest BCUT2D eigenvalue weighted by atomic mass is 10.1. The van der Waals surface area contributed by atoms with Gasteiger partial charge in [0.2, 0.25) is 0 Å². The Balaban J connectivity index is 2.90. The van der Waals surface area contributed by atoms with Crippen molar-refractivity contribution >= 4 is 0 Å². The molecule has 0 aromatic heterocycles. The fraction of sp³-hybridized carbons (Fsp3) is 0.333. The van der Waals surface area contributed by atoms with Crippen molar-refractivity contribution < 1.29 is 9.13 Å². The second-order valence-corrected chi connectivity index (χ2v) is 3.72. The maximum absolute atomic E-state index is 13.0. The molecule has 0 aliphatic heterocycles. The Kier molecular flexibility index (Phi) is 3.86. The third-order valence-corrected chi connectivity index (χ3v) is 1.94. The molecule has 0 unspecified atom stereocenters. The molecule has 2 N–H and O–H groups in total. The molecule has 0 saturated carbocycles. The highest BCUT2D eigenvalue weighted by atomic mass is 19.1. The van der Waals surface area contributed by atoms with Gasteiger partial charge < -0.3 is 10.5 Å². The molecule has 0 fully saturated rings. The fourth-order valence-corrected chi connectivity index (χ4v) is 1.21. The molecule has 15 heavy (non-hydrogen) atoms. The summed E-state index contributed by atoms with van der Waals surface area (Å²) >= 11 is 0. The Morgan fingerprint density at radius 2 is 2.27 bits per heavy atom. The van der Waals surface area contributed by atoms with Gasteiger partial charge in [-0.3, -0.25) is 0 Å². The van der Waals surface area contributed by atoms with E-state index >= 15 is 0 Å². The second kappa shape index (κ2) is 4.94. The molecule has 1 aromatic carbocycles. The Labute approximate surface area is 89.6 Å². The van der Waals surface area contributed by atoms with Crippen LogP contribution in [-0.4, -0.2) is 6.61 Å². The predicted octanol–water partition coefficient (Wildman–Crippen LogP) is 2.80. The monoisotopic (exact) mass is 209 g/mol. The van der Waals surface area contributed by atoms with Crippen molar-refractivity contribution in [3.05, 3.63) is 41.7 Å². The highest BCUT2D eigenvalue weighted by Gasteiger charge is 2.09. The zero-order valence-corrected chi connectivity index (χ0v) is 9.09. The van der Waals surface area contributed by atoms with Gasteiger partial charge in [-0.1, -0.05) is 6.58 Å². The summed E-state index contributed by atoms with van der Waals surface area (Å²) in [4.78, 5) is 0. The minimum atomic E-state index is -0.301. The van der Waals surface area contributed by atoms with Gasteiger partial charge in [0.05, 0.1) is 0 Å². The van der Waals surface area contributed by atoms with Crippen LogP contribution in [-0.2, 0) is 0 Å². The largest absolute Gasteiger partial charge is 0.489 e. The van der Waals surface area contributed by atoms with E-state index in [-0.39, 0.29) is 11.9 Å². The van der Waals surface area contributed by atoms with Crippen LogP contribution in [0.4, 0.5) is 4.39 Å². The molecule has 0 heterocycles. The van der Waals surface area contributed by atoms with Crippen LogP contribution in [0.5, 0.6) is 5.75 Å². The molecular formula is C12H16FNO. The predicted molar refractivity (Wildman–Crippen MR) is 59.3 cm³/mol. The molecule has 0 saturated heterocycles. The Hall–Kier alpha value is -1.35. The van der Waals surface area contributed by atoms with E-state index < -0.39 is 0 Å². The van der Waals surface area contributed by atoms with Crippen molar-refractivity contribution in [2.75, 3.05) is 6.61 Å². The van der Waals surface area contributed by atoms with Crippen molar-refractivity contribution in [3.8, 4) is 5.75 Å². The lowest BCUT2D eigenvalue weighted by molar-refractivity contribution is 0.346. The number of halogens is 1. The van der Waals surface area contributed by atoms with Crippen molar-refractivity contribution in [2.45, 2.75) is 19.9 Å². The summed E-state index contributed by atoms with van der Waals surface area (Å²) in [7, 11) is 0. The topological polar surface area (TPSA) is 35.2 Å². The van der Waals surface area contributed by atoms with Gasteiger partial charge in [-0.05, 0) is 37.6 Å². The fourth-order valence-electron chi connectivity index (χ4n) is 1.21. The van der Waals surface area contributed by atoms with Crippen LogP contribution in [0.25, 0.3) is 0 Å². The highest BCUT2D eigenvalue weighted by molar-refractivity contribution is 5.36. The minimum absolute atomic E-state index is 0.249. The van der Waals surface area contributed by atoms with Gasteiger partial charge in [0.1, 0.15) is 18.2 Å². The molecule has 0 amide bonds. The normalized spacial score (nSPS) is 12.3. The van der Waals surface area contributed by atoms with Crippen molar-refractivity contribution in [1.82, 2.24) is 0 Å². The molecule has 0 spiro atoms. The molecular weight excluding hydrogens is 193 g/mol. The van der Waals surface area contributed by atoms with Gasteiger partial charge in [0, 0.05) is 11.6 Å². The van der Waals surface area contributed by atoms with E-state index in [1.54, 1.807) is 13.0 Å². The summed E-state index contributed by atoms with van der Waals surface area (Å²) in [5.74, 6) is 0.319. The zero-order valence-electron chi connectivity index (χ0n) is 9.09. The standard InChI is InChI=1S/C12H16FNO/c1-8(2)7-15-12-5-4-10(13)6-11(12)9(3)14/h4-6,9H,1,7,14H2,2-3H3/t9-/m0/s1. The van der Waals surface area contributed by atoms with E-state index in [9.17, 15) is 4.39 Å². The van der Waals surface area contributed by atoms with E-state index in [0.29, 0.717) is 17.9 Å². The van der Waals surface area contributed by atoms with Gasteiger partial charge in [0.25, 0.3) is 0 Å². The summed E-state index contributed by atoms with van der Waals surface area (Å²) in [6.07, 6.45) is 0. The molecule has 0 aliphatic carbocycles. The zero-order chi connectivity index (χ0) is 11.4. The number of ether oxygens (including phenoxy) is 1. The van der Waals surface area contributed by atoms with Crippen molar-refractivity contribution in [3.63, 3.8) is 0 Å². The van der Waals surface area contributed by atoms with Crippen LogP contribution in [0.2, 0.25) is 0 Å². The van der Waals surface area contributed by atoms with Gasteiger partial charge in [0.15, 0.2) is 0 Å². The molecule has 1 atom stereocenters. The van der Waals surface area contributed by atoms with E-state index in [0.717, 1.165) is 5.57 Å². The average molecular weight is 209 g/mol. The molecule has 0 aliphatic rings. The number of benzene rings is 1. The maximum atomic E-state index is 13.0. The number of hydrogen-bond acceptors (Lipinski definition) is 2. The second-order valence-electron chi connectivity index (χ2n) is 3.72. The molecule has 2 nitrogen and oxygen atoms in total. The van der Waals surface area contributed by atoms with Gasteiger partial charge in [-0.2, -0.15) is 0 Å². The van der Waals surface area contributed by atoms with Gasteiger partial charge >= 0.3 is 0 Å². The molecule has 3 heteroatoms. The quantitative estimate of drug-likeness (QED) is 0.774. The average Bonchev–Trinajstić information content (AvgIpc) is 2.15. The molecule has 1 aromatic rings. The number of rotatable bonds is 4. The minimum Gasteiger partial charge on any atom is -0.489 e. The van der Waals surface area contributed by atoms with Crippen LogP contribution in [0.1, 0.15) is 25.5 Å². The summed E-state index contributed by atoms with van der Waals surface area (Å²) in [6.45, 7) is 7.82. The first kappa shape index (κ1) is 11.7. The third kappa shape index (κ3) is 3.36. The van der Waals surface area contributed by atoms with Crippen molar-refractivity contribution in [2.24, 2.45) is 5.73 Å². The Bertz CT molecular complexity index is 361. The number of hydrogen-bond donors (Lipinski definition) is 1. The Morgan fingerprint density at radius 1 is 1.60 bits per heavy atom. The first-order valence-corrected chi connectivity index (χ1v) is 4.83. The van der Waals surface area contributed by atoms with E-state index in [4.69, 9.17) is 10.5 Å². The molecule has 0 radical (unpaired) electrons. The van der Waals surface area contributed by atoms with Crippen molar-refractivity contribution in [1.29, 1.82) is 0 Å². The lowest BCUT2D eigenvalue weighted by Crippen LogP contribution is -2.09. The van der Waals surface area contributed by atoms with E-state index in [2.05, 4.69) is 6.58 Å². The summed E-state index contributed by atoms with van der Waals surface area (Å²) in [6, 6.07) is 4.11. The van der Waals surface area contributed by atoms with Crippen LogP contribution in [0.15, 0.2) is 30.4 Å². The first-order valence-electron chi connectivity index (χ1n) is 4.83. The molecule has 1 rings (SSSR count). The smallest absolute Gasteiger partial charge is 0.124 e. The van der Waals surface area contributed by atoms with Crippen LogP contribution >= 0.6 is 0 Å². The third-order valence-electron chi connectivity index (χ3n) is 1.94.